The standard InChI is InChI=1S/C15H13N3O3S/c1-21-15(20)11-6-4-5-10(17-11)14-18(13(19)9-22-14)12-7-2-3-8-16-12/h2-8,14H,9H2,1H3. The van der Waals surface area contributed by atoms with Crippen molar-refractivity contribution >= 4 is 29.5 Å². The summed E-state index contributed by atoms with van der Waals surface area (Å²) < 4.78 is 4.69. The van der Waals surface area contributed by atoms with Gasteiger partial charge >= 0.3 is 5.97 Å². The lowest BCUT2D eigenvalue weighted by Gasteiger charge is -2.22. The highest BCUT2D eigenvalue weighted by molar-refractivity contribution is 8.00. The average molecular weight is 315 g/mol. The minimum atomic E-state index is -0.499. The van der Waals surface area contributed by atoms with Gasteiger partial charge in [0.25, 0.3) is 0 Å². The Bertz CT molecular complexity index is 708. The fourth-order valence-corrected chi connectivity index (χ4v) is 3.31. The summed E-state index contributed by atoms with van der Waals surface area (Å²) in [6, 6.07) is 10.5. The van der Waals surface area contributed by atoms with Crippen LogP contribution in [-0.2, 0) is 9.53 Å². The summed E-state index contributed by atoms with van der Waals surface area (Å²) >= 11 is 1.46. The molecule has 7 heteroatoms. The SMILES string of the molecule is COC(=O)c1cccc(C2SCC(=O)N2c2ccccn2)n1. The van der Waals surface area contributed by atoms with Crippen LogP contribution in [0.1, 0.15) is 21.6 Å². The molecule has 1 amide bonds. The van der Waals surface area contributed by atoms with Crippen LogP contribution in [0.2, 0.25) is 0 Å². The number of hydrogen-bond acceptors (Lipinski definition) is 6. The van der Waals surface area contributed by atoms with Gasteiger partial charge in [-0.25, -0.2) is 14.8 Å². The highest BCUT2D eigenvalue weighted by atomic mass is 32.2. The quantitative estimate of drug-likeness (QED) is 0.807. The fourth-order valence-electron chi connectivity index (χ4n) is 2.19. The van der Waals surface area contributed by atoms with Crippen LogP contribution in [0.4, 0.5) is 5.82 Å². The third kappa shape index (κ3) is 2.67. The van der Waals surface area contributed by atoms with E-state index in [0.717, 1.165) is 0 Å². The number of methoxy groups -OCH3 is 1. The first-order valence-corrected chi connectivity index (χ1v) is 7.65. The van der Waals surface area contributed by atoms with Crippen LogP contribution < -0.4 is 4.90 Å². The number of rotatable bonds is 3. The van der Waals surface area contributed by atoms with Gasteiger partial charge in [0.15, 0.2) is 0 Å². The van der Waals surface area contributed by atoms with Gasteiger partial charge in [0.2, 0.25) is 5.91 Å². The van der Waals surface area contributed by atoms with Crippen molar-refractivity contribution in [2.75, 3.05) is 17.8 Å². The molecule has 0 radical (unpaired) electrons. The van der Waals surface area contributed by atoms with Crippen LogP contribution in [0.3, 0.4) is 0 Å². The van der Waals surface area contributed by atoms with Gasteiger partial charge < -0.3 is 4.74 Å². The number of hydrogen-bond donors (Lipinski definition) is 0. The fraction of sp³-hybridized carbons (Fsp3) is 0.200. The van der Waals surface area contributed by atoms with Gasteiger partial charge in [-0.05, 0) is 24.3 Å². The molecule has 3 heterocycles. The lowest BCUT2D eigenvalue weighted by molar-refractivity contribution is -0.115. The molecule has 2 aromatic rings. The number of amides is 1. The van der Waals surface area contributed by atoms with Gasteiger partial charge in [0.1, 0.15) is 16.9 Å². The molecule has 1 aliphatic rings. The van der Waals surface area contributed by atoms with Crippen molar-refractivity contribution in [3.05, 3.63) is 54.0 Å². The minimum Gasteiger partial charge on any atom is -0.464 e. The van der Waals surface area contributed by atoms with Crippen LogP contribution in [0.25, 0.3) is 0 Å². The number of esters is 1. The van der Waals surface area contributed by atoms with Crippen LogP contribution in [0, 0.1) is 0 Å². The third-order valence-corrected chi connectivity index (χ3v) is 4.36. The lowest BCUT2D eigenvalue weighted by atomic mass is 10.2. The maximum atomic E-state index is 12.2. The van der Waals surface area contributed by atoms with Crippen LogP contribution in [0.5, 0.6) is 0 Å². The average Bonchev–Trinajstić information content (AvgIpc) is 2.96. The van der Waals surface area contributed by atoms with Crippen molar-refractivity contribution in [1.82, 2.24) is 9.97 Å². The number of ether oxygens (including phenoxy) is 1. The summed E-state index contributed by atoms with van der Waals surface area (Å²) in [7, 11) is 1.31. The second kappa shape index (κ2) is 6.15. The summed E-state index contributed by atoms with van der Waals surface area (Å²) in [4.78, 5) is 33.9. The predicted octanol–water partition coefficient (Wildman–Crippen LogP) is 2.04. The van der Waals surface area contributed by atoms with E-state index >= 15 is 0 Å². The van der Waals surface area contributed by atoms with E-state index in [1.54, 1.807) is 41.4 Å². The van der Waals surface area contributed by atoms with E-state index in [2.05, 4.69) is 14.7 Å². The molecule has 1 saturated heterocycles. The summed E-state index contributed by atoms with van der Waals surface area (Å²) in [5.74, 6) is 0.401. The molecule has 3 rings (SSSR count). The Kier molecular flexibility index (Phi) is 4.06. The molecule has 1 aliphatic heterocycles. The minimum absolute atomic E-state index is 0.0287. The molecule has 0 aromatic carbocycles. The number of pyridine rings is 2. The molecule has 0 saturated carbocycles. The molecule has 112 valence electrons. The summed E-state index contributed by atoms with van der Waals surface area (Å²) in [6.07, 6.45) is 1.64. The zero-order valence-corrected chi connectivity index (χ0v) is 12.6. The third-order valence-electron chi connectivity index (χ3n) is 3.18. The summed E-state index contributed by atoms with van der Waals surface area (Å²) in [5, 5.41) is -0.299. The van der Waals surface area contributed by atoms with E-state index in [4.69, 9.17) is 0 Å². The van der Waals surface area contributed by atoms with E-state index in [1.165, 1.54) is 18.9 Å². The first-order chi connectivity index (χ1) is 10.7. The monoisotopic (exact) mass is 315 g/mol. The van der Waals surface area contributed by atoms with Gasteiger partial charge in [-0.3, -0.25) is 9.69 Å². The van der Waals surface area contributed by atoms with Crippen LogP contribution in [-0.4, -0.2) is 34.7 Å². The van der Waals surface area contributed by atoms with Crippen molar-refractivity contribution in [3.8, 4) is 0 Å². The molecule has 0 spiro atoms. The maximum absolute atomic E-state index is 12.2. The second-order valence-corrected chi connectivity index (χ2v) is 5.62. The molecule has 0 N–H and O–H groups in total. The zero-order valence-electron chi connectivity index (χ0n) is 11.8. The molecular weight excluding hydrogens is 302 g/mol. The number of carbonyl (C=O) groups excluding carboxylic acids is 2. The predicted molar refractivity (Wildman–Crippen MR) is 82.5 cm³/mol. The van der Waals surface area contributed by atoms with E-state index in [-0.39, 0.29) is 17.0 Å². The molecule has 1 unspecified atom stereocenters. The topological polar surface area (TPSA) is 72.4 Å². The Labute approximate surface area is 131 Å². The zero-order chi connectivity index (χ0) is 15.5. The largest absolute Gasteiger partial charge is 0.464 e. The molecule has 1 atom stereocenters. The van der Waals surface area contributed by atoms with Crippen molar-refractivity contribution in [3.63, 3.8) is 0 Å². The second-order valence-electron chi connectivity index (χ2n) is 4.55. The number of nitrogens with zero attached hydrogens (tertiary/aromatic N) is 3. The molecular formula is C15H13N3O3S. The highest BCUT2D eigenvalue weighted by Crippen LogP contribution is 2.40. The number of anilines is 1. The van der Waals surface area contributed by atoms with Crippen molar-refractivity contribution in [2.45, 2.75) is 5.37 Å². The Hall–Kier alpha value is -2.41. The molecule has 2 aromatic heterocycles. The Balaban J connectivity index is 1.97. The molecule has 22 heavy (non-hydrogen) atoms. The maximum Gasteiger partial charge on any atom is 0.356 e. The van der Waals surface area contributed by atoms with E-state index in [0.29, 0.717) is 17.3 Å². The van der Waals surface area contributed by atoms with Crippen LogP contribution >= 0.6 is 11.8 Å². The first-order valence-electron chi connectivity index (χ1n) is 6.60. The van der Waals surface area contributed by atoms with Crippen molar-refractivity contribution < 1.29 is 14.3 Å². The molecule has 6 nitrogen and oxygen atoms in total. The first kappa shape index (κ1) is 14.5. The highest BCUT2D eigenvalue weighted by Gasteiger charge is 2.35. The normalized spacial score (nSPS) is 17.6. The van der Waals surface area contributed by atoms with Crippen molar-refractivity contribution in [1.29, 1.82) is 0 Å². The Morgan fingerprint density at radius 1 is 1.32 bits per heavy atom. The van der Waals surface area contributed by atoms with Gasteiger partial charge in [-0.15, -0.1) is 11.8 Å². The lowest BCUT2D eigenvalue weighted by Crippen LogP contribution is -2.29. The van der Waals surface area contributed by atoms with E-state index in [9.17, 15) is 9.59 Å². The Morgan fingerprint density at radius 2 is 2.18 bits per heavy atom. The van der Waals surface area contributed by atoms with Crippen molar-refractivity contribution in [2.24, 2.45) is 0 Å². The van der Waals surface area contributed by atoms with Crippen LogP contribution in [0.15, 0.2) is 42.6 Å². The molecule has 1 fully saturated rings. The summed E-state index contributed by atoms with van der Waals surface area (Å²) in [6.45, 7) is 0. The molecule has 0 aliphatic carbocycles. The number of aromatic nitrogens is 2. The van der Waals surface area contributed by atoms with E-state index in [1.807, 2.05) is 6.07 Å². The molecule has 0 bridgehead atoms. The summed E-state index contributed by atoms with van der Waals surface area (Å²) in [5.41, 5.74) is 0.852. The van der Waals surface area contributed by atoms with Gasteiger partial charge in [0, 0.05) is 6.20 Å². The number of carbonyl (C=O) groups is 2. The number of thioether (sulfide) groups is 1. The van der Waals surface area contributed by atoms with Gasteiger partial charge in [-0.1, -0.05) is 12.1 Å². The Morgan fingerprint density at radius 3 is 2.91 bits per heavy atom. The van der Waals surface area contributed by atoms with Gasteiger partial charge in [0.05, 0.1) is 18.6 Å². The smallest absolute Gasteiger partial charge is 0.356 e. The van der Waals surface area contributed by atoms with E-state index < -0.39 is 5.97 Å². The van der Waals surface area contributed by atoms with Gasteiger partial charge in [-0.2, -0.15) is 0 Å².